The first kappa shape index (κ1) is 12.6. The zero-order valence-electron chi connectivity index (χ0n) is 8.23. The molecule has 76 valence electrons. The Balaban J connectivity index is 4.80. The van der Waals surface area contributed by atoms with Crippen molar-refractivity contribution in [3.63, 3.8) is 0 Å². The molecule has 0 bridgehead atoms. The number of terminal acetylenes is 2. The van der Waals surface area contributed by atoms with E-state index in [0.717, 1.165) is 4.90 Å². The van der Waals surface area contributed by atoms with Crippen LogP contribution >= 0.6 is 0 Å². The minimum absolute atomic E-state index is 0.0213. The number of carbonyl (C=O) groups is 1. The van der Waals surface area contributed by atoms with Gasteiger partial charge in [0.2, 0.25) is 5.71 Å². The van der Waals surface area contributed by atoms with Crippen molar-refractivity contribution in [1.29, 1.82) is 5.26 Å². The molecule has 0 aliphatic rings. The van der Waals surface area contributed by atoms with Gasteiger partial charge < -0.3 is 9.74 Å². The summed E-state index contributed by atoms with van der Waals surface area (Å²) in [6, 6.07) is 1.60. The summed E-state index contributed by atoms with van der Waals surface area (Å²) in [6.07, 6.45) is 10.1. The zero-order valence-corrected chi connectivity index (χ0v) is 8.23. The maximum absolute atomic E-state index is 11.5. The maximum atomic E-state index is 11.5. The second-order valence-corrected chi connectivity index (χ2v) is 2.30. The molecule has 0 aromatic carbocycles. The first-order chi connectivity index (χ1) is 7.21. The summed E-state index contributed by atoms with van der Waals surface area (Å²) in [6.45, 7) is 0.0426. The predicted molar refractivity (Wildman–Crippen MR) is 54.3 cm³/mol. The minimum atomic E-state index is -0.643. The molecule has 0 fully saturated rings. The summed E-state index contributed by atoms with van der Waals surface area (Å²) in [5.74, 6) is 3.87. The topological polar surface area (TPSA) is 65.7 Å². The lowest BCUT2D eigenvalue weighted by Crippen LogP contribution is -2.36. The van der Waals surface area contributed by atoms with Crippen molar-refractivity contribution in [2.75, 3.05) is 20.2 Å². The molecule has 0 atom stereocenters. The molecule has 0 unspecified atom stereocenters. The van der Waals surface area contributed by atoms with Gasteiger partial charge in [0.05, 0.1) is 13.1 Å². The highest BCUT2D eigenvalue weighted by Crippen LogP contribution is 1.92. The van der Waals surface area contributed by atoms with Crippen molar-refractivity contribution in [3.8, 4) is 30.8 Å². The van der Waals surface area contributed by atoms with Gasteiger partial charge in [-0.15, -0.1) is 12.8 Å². The van der Waals surface area contributed by atoms with Gasteiger partial charge >= 0.3 is 0 Å². The second kappa shape index (κ2) is 7.00. The minimum Gasteiger partial charge on any atom is -0.398 e. The van der Waals surface area contributed by atoms with Gasteiger partial charge in [-0.25, -0.2) is 0 Å². The highest BCUT2D eigenvalue weighted by Gasteiger charge is 2.18. The lowest BCUT2D eigenvalue weighted by molar-refractivity contribution is -0.123. The molecule has 0 radical (unpaired) electrons. The van der Waals surface area contributed by atoms with Crippen molar-refractivity contribution in [1.82, 2.24) is 4.90 Å². The number of nitrogens with zero attached hydrogens (tertiary/aromatic N) is 3. The van der Waals surface area contributed by atoms with Crippen molar-refractivity contribution < 1.29 is 9.63 Å². The molecule has 1 amide bonds. The molecule has 5 nitrogen and oxygen atoms in total. The monoisotopic (exact) mass is 203 g/mol. The van der Waals surface area contributed by atoms with Gasteiger partial charge in [-0.2, -0.15) is 5.26 Å². The Hall–Kier alpha value is -2.45. The van der Waals surface area contributed by atoms with E-state index in [1.165, 1.54) is 7.11 Å². The van der Waals surface area contributed by atoms with E-state index in [1.807, 2.05) is 0 Å². The van der Waals surface area contributed by atoms with E-state index >= 15 is 0 Å². The van der Waals surface area contributed by atoms with E-state index in [0.29, 0.717) is 0 Å². The highest BCUT2D eigenvalue weighted by atomic mass is 16.6. The molecule has 0 aromatic rings. The van der Waals surface area contributed by atoms with Crippen LogP contribution in [0.25, 0.3) is 0 Å². The molecule has 0 heterocycles. The molecule has 0 rings (SSSR count). The smallest absolute Gasteiger partial charge is 0.288 e. The number of oxime groups is 1. The van der Waals surface area contributed by atoms with E-state index in [4.69, 9.17) is 18.1 Å². The fourth-order valence-electron chi connectivity index (χ4n) is 0.768. The van der Waals surface area contributed by atoms with Crippen LogP contribution in [0.2, 0.25) is 0 Å². The van der Waals surface area contributed by atoms with E-state index < -0.39 is 5.91 Å². The van der Waals surface area contributed by atoms with Gasteiger partial charge in [-0.3, -0.25) is 4.79 Å². The standard InChI is InChI=1S/C10H9N3O2/c1-4-6-13(7-5-2)10(14)9(8-11)12-15-3/h1-2H,6-7H2,3H3/b12-9-. The normalized spacial score (nSPS) is 9.33. The number of amides is 1. The van der Waals surface area contributed by atoms with Crippen molar-refractivity contribution in [2.45, 2.75) is 0 Å². The quantitative estimate of drug-likeness (QED) is 0.355. The summed E-state index contributed by atoms with van der Waals surface area (Å²) < 4.78 is 0. The summed E-state index contributed by atoms with van der Waals surface area (Å²) in [4.78, 5) is 17.0. The van der Waals surface area contributed by atoms with E-state index in [2.05, 4.69) is 21.8 Å². The average molecular weight is 203 g/mol. The molecule has 0 aliphatic heterocycles. The predicted octanol–water partition coefficient (Wildman–Crippen LogP) is -0.393. The Morgan fingerprint density at radius 1 is 1.47 bits per heavy atom. The number of nitriles is 1. The Labute approximate surface area is 88.3 Å². The number of rotatable bonds is 4. The summed E-state index contributed by atoms with van der Waals surface area (Å²) in [5.41, 5.74) is -0.386. The van der Waals surface area contributed by atoms with Crippen molar-refractivity contribution in [3.05, 3.63) is 0 Å². The van der Waals surface area contributed by atoms with Crippen LogP contribution < -0.4 is 0 Å². The lowest BCUT2D eigenvalue weighted by atomic mass is 10.3. The van der Waals surface area contributed by atoms with Gasteiger partial charge in [-0.05, 0) is 0 Å². The van der Waals surface area contributed by atoms with Crippen LogP contribution in [0.4, 0.5) is 0 Å². The largest absolute Gasteiger partial charge is 0.398 e. The molecule has 15 heavy (non-hydrogen) atoms. The fourth-order valence-corrected chi connectivity index (χ4v) is 0.768. The third-order valence-corrected chi connectivity index (χ3v) is 1.34. The number of carbonyl (C=O) groups excluding carboxylic acids is 1. The molecule has 0 spiro atoms. The third kappa shape index (κ3) is 3.85. The van der Waals surface area contributed by atoms with E-state index in [1.54, 1.807) is 6.07 Å². The average Bonchev–Trinajstić information content (AvgIpc) is 2.24. The van der Waals surface area contributed by atoms with Gasteiger partial charge in [0, 0.05) is 0 Å². The molecule has 0 N–H and O–H groups in total. The first-order valence-electron chi connectivity index (χ1n) is 3.88. The summed E-state index contributed by atoms with van der Waals surface area (Å²) in [7, 11) is 1.23. The molecule has 5 heteroatoms. The SMILES string of the molecule is C#CCN(CC#C)C(=O)/C(C#N)=N\OC. The van der Waals surface area contributed by atoms with Gasteiger partial charge in [0.1, 0.15) is 13.2 Å². The molecular formula is C10H9N3O2. The van der Waals surface area contributed by atoms with Gasteiger partial charge in [0.15, 0.2) is 0 Å². The van der Waals surface area contributed by atoms with Gasteiger partial charge in [0.25, 0.3) is 5.91 Å². The van der Waals surface area contributed by atoms with Crippen LogP contribution in [0.3, 0.4) is 0 Å². The van der Waals surface area contributed by atoms with Gasteiger partial charge in [-0.1, -0.05) is 17.0 Å². The van der Waals surface area contributed by atoms with E-state index in [-0.39, 0.29) is 18.8 Å². The first-order valence-corrected chi connectivity index (χ1v) is 3.88. The lowest BCUT2D eigenvalue weighted by Gasteiger charge is -2.15. The van der Waals surface area contributed by atoms with Crippen LogP contribution in [-0.4, -0.2) is 36.7 Å². The molecule has 0 aromatic heterocycles. The molecular weight excluding hydrogens is 194 g/mol. The zero-order chi connectivity index (χ0) is 11.7. The third-order valence-electron chi connectivity index (χ3n) is 1.34. The maximum Gasteiger partial charge on any atom is 0.288 e. The van der Waals surface area contributed by atoms with Crippen molar-refractivity contribution in [2.24, 2.45) is 5.16 Å². The van der Waals surface area contributed by atoms with Crippen LogP contribution in [0.15, 0.2) is 5.16 Å². The fraction of sp³-hybridized carbons (Fsp3) is 0.300. The van der Waals surface area contributed by atoms with Crippen molar-refractivity contribution >= 4 is 11.6 Å². The Kier molecular flexibility index (Phi) is 5.86. The Bertz CT molecular complexity index is 363. The van der Waals surface area contributed by atoms with Crippen LogP contribution in [-0.2, 0) is 9.63 Å². The Morgan fingerprint density at radius 3 is 2.33 bits per heavy atom. The van der Waals surface area contributed by atoms with Crippen LogP contribution in [0.5, 0.6) is 0 Å². The second-order valence-electron chi connectivity index (χ2n) is 2.30. The molecule has 0 saturated heterocycles. The summed E-state index contributed by atoms with van der Waals surface area (Å²) >= 11 is 0. The molecule has 0 aliphatic carbocycles. The van der Waals surface area contributed by atoms with E-state index in [9.17, 15) is 4.79 Å². The van der Waals surface area contributed by atoms with Crippen LogP contribution in [0.1, 0.15) is 0 Å². The number of hydrogen-bond donors (Lipinski definition) is 0. The molecule has 0 saturated carbocycles. The highest BCUT2D eigenvalue weighted by molar-refractivity contribution is 6.44. The Morgan fingerprint density at radius 2 is 2.00 bits per heavy atom. The van der Waals surface area contributed by atoms with Crippen LogP contribution in [0, 0.1) is 36.0 Å². The summed E-state index contributed by atoms with van der Waals surface area (Å²) in [5, 5.41) is 11.9. The number of hydrogen-bond acceptors (Lipinski definition) is 4.